The molecule has 1 atom stereocenters. The standard InChI is InChI=1S/C27H29BrClN7/c1-27(2,3)15-32-24-17(12-30)13-31-26-21(24)10-19(11-22(26)28)33-25(16-4-6-18(29)7-5-16)23-14-36(35-34-23)20-8-9-20/h4-7,10-11,13-14,20,25,33-35H,8-9,15H2,1-3H3,(H,31,32). The van der Waals surface area contributed by atoms with Crippen LogP contribution in [0.25, 0.3) is 10.9 Å². The van der Waals surface area contributed by atoms with Crippen LogP contribution in [-0.2, 0) is 0 Å². The molecule has 0 amide bonds. The van der Waals surface area contributed by atoms with E-state index in [2.05, 4.69) is 86.6 Å². The molecule has 4 N–H and O–H groups in total. The van der Waals surface area contributed by atoms with Gasteiger partial charge in [0.25, 0.3) is 0 Å². The van der Waals surface area contributed by atoms with Gasteiger partial charge in [0.1, 0.15) is 6.07 Å². The van der Waals surface area contributed by atoms with Crippen LogP contribution in [-0.4, -0.2) is 22.6 Å². The molecule has 0 radical (unpaired) electrons. The quantitative estimate of drug-likeness (QED) is 0.261. The van der Waals surface area contributed by atoms with Crippen LogP contribution in [0.15, 0.2) is 59.0 Å². The molecule has 2 heterocycles. The molecule has 0 saturated heterocycles. The topological polar surface area (TPSA) is 88.0 Å². The molecule has 1 unspecified atom stereocenters. The average molecular weight is 567 g/mol. The zero-order valence-corrected chi connectivity index (χ0v) is 22.8. The summed E-state index contributed by atoms with van der Waals surface area (Å²) in [6.45, 7) is 7.21. The summed E-state index contributed by atoms with van der Waals surface area (Å²) in [5.41, 5.74) is 11.8. The number of nitriles is 1. The number of fused-ring (bicyclic) bond motifs is 1. The minimum Gasteiger partial charge on any atom is -0.383 e. The van der Waals surface area contributed by atoms with Crippen LogP contribution >= 0.6 is 27.5 Å². The molecule has 0 spiro atoms. The summed E-state index contributed by atoms with van der Waals surface area (Å²) in [6, 6.07) is 14.6. The Hall–Kier alpha value is -2.99. The van der Waals surface area contributed by atoms with Gasteiger partial charge in [0.05, 0.1) is 28.5 Å². The van der Waals surface area contributed by atoms with Crippen molar-refractivity contribution >= 4 is 49.8 Å². The molecule has 1 aliphatic heterocycles. The maximum atomic E-state index is 9.79. The lowest BCUT2D eigenvalue weighted by Crippen LogP contribution is -2.38. The Bertz CT molecular complexity index is 1350. The van der Waals surface area contributed by atoms with Crippen molar-refractivity contribution in [2.24, 2.45) is 5.41 Å². The number of hydrogen-bond donors (Lipinski definition) is 4. The second kappa shape index (κ2) is 9.81. The molecule has 1 saturated carbocycles. The minimum absolute atomic E-state index is 0.0517. The maximum absolute atomic E-state index is 9.79. The Kier molecular flexibility index (Phi) is 6.73. The zero-order valence-electron chi connectivity index (χ0n) is 20.5. The predicted octanol–water partition coefficient (Wildman–Crippen LogP) is 6.46. The summed E-state index contributed by atoms with van der Waals surface area (Å²) in [5, 5.41) is 20.7. The molecule has 9 heteroatoms. The number of benzene rings is 2. The number of nitrogens with one attached hydrogen (secondary N) is 4. The van der Waals surface area contributed by atoms with Gasteiger partial charge in [-0.3, -0.25) is 9.99 Å². The fourth-order valence-electron chi connectivity index (χ4n) is 4.17. The van der Waals surface area contributed by atoms with Crippen LogP contribution < -0.4 is 21.6 Å². The van der Waals surface area contributed by atoms with E-state index in [1.807, 2.05) is 30.3 Å². The predicted molar refractivity (Wildman–Crippen MR) is 149 cm³/mol. The van der Waals surface area contributed by atoms with Crippen molar-refractivity contribution in [3.8, 4) is 6.07 Å². The third kappa shape index (κ3) is 5.39. The molecule has 3 aromatic rings. The van der Waals surface area contributed by atoms with E-state index in [1.165, 1.54) is 12.8 Å². The molecular weight excluding hydrogens is 538 g/mol. The minimum atomic E-state index is -0.152. The first kappa shape index (κ1) is 24.7. The van der Waals surface area contributed by atoms with Gasteiger partial charge in [0.15, 0.2) is 0 Å². The van der Waals surface area contributed by atoms with Gasteiger partial charge in [0.2, 0.25) is 0 Å². The van der Waals surface area contributed by atoms with Gasteiger partial charge in [0, 0.05) is 45.6 Å². The Morgan fingerprint density at radius 3 is 2.67 bits per heavy atom. The van der Waals surface area contributed by atoms with Gasteiger partial charge in [-0.15, -0.1) is 5.53 Å². The Morgan fingerprint density at radius 1 is 1.25 bits per heavy atom. The summed E-state index contributed by atoms with van der Waals surface area (Å²) < 4.78 is 0.853. The smallest absolute Gasteiger partial charge is 0.103 e. The summed E-state index contributed by atoms with van der Waals surface area (Å²) >= 11 is 9.90. The van der Waals surface area contributed by atoms with E-state index < -0.39 is 0 Å². The molecule has 186 valence electrons. The van der Waals surface area contributed by atoms with Gasteiger partial charge in [-0.05, 0) is 64.0 Å². The van der Waals surface area contributed by atoms with Crippen LogP contribution in [0, 0.1) is 16.7 Å². The van der Waals surface area contributed by atoms with Gasteiger partial charge < -0.3 is 16.1 Å². The van der Waals surface area contributed by atoms with Crippen molar-refractivity contribution < 1.29 is 0 Å². The largest absolute Gasteiger partial charge is 0.383 e. The fraction of sp³-hybridized carbons (Fsp3) is 0.333. The lowest BCUT2D eigenvalue weighted by atomic mass is 9.96. The van der Waals surface area contributed by atoms with Crippen LogP contribution in [0.5, 0.6) is 0 Å². The number of hydrogen-bond acceptors (Lipinski definition) is 7. The van der Waals surface area contributed by atoms with E-state index in [9.17, 15) is 5.26 Å². The number of rotatable bonds is 7. The lowest BCUT2D eigenvalue weighted by Gasteiger charge is -2.23. The maximum Gasteiger partial charge on any atom is 0.103 e. The Morgan fingerprint density at radius 2 is 2.00 bits per heavy atom. The summed E-state index contributed by atoms with van der Waals surface area (Å²) in [5.74, 6) is 0. The first-order chi connectivity index (χ1) is 17.2. The molecular formula is C27H29BrClN7. The highest BCUT2D eigenvalue weighted by Gasteiger charge is 2.32. The number of hydrazine groups is 2. The van der Waals surface area contributed by atoms with Crippen LogP contribution in [0.3, 0.4) is 0 Å². The van der Waals surface area contributed by atoms with Gasteiger partial charge in [-0.2, -0.15) is 5.26 Å². The second-order valence-corrected chi connectivity index (χ2v) is 11.8. The first-order valence-electron chi connectivity index (χ1n) is 12.0. The molecule has 1 aromatic heterocycles. The highest BCUT2D eigenvalue weighted by atomic mass is 79.9. The van der Waals surface area contributed by atoms with E-state index in [0.29, 0.717) is 16.6 Å². The molecule has 0 bridgehead atoms. The van der Waals surface area contributed by atoms with Crippen molar-refractivity contribution in [3.63, 3.8) is 0 Å². The van der Waals surface area contributed by atoms with Crippen LogP contribution in [0.1, 0.15) is 50.8 Å². The zero-order chi connectivity index (χ0) is 25.4. The summed E-state index contributed by atoms with van der Waals surface area (Å²) in [6.07, 6.45) is 6.14. The van der Waals surface area contributed by atoms with E-state index in [0.717, 1.165) is 44.6 Å². The summed E-state index contributed by atoms with van der Waals surface area (Å²) in [4.78, 5) is 4.57. The normalized spacial score (nSPS) is 16.3. The number of anilines is 2. The highest BCUT2D eigenvalue weighted by Crippen LogP contribution is 2.37. The number of pyridine rings is 1. The molecule has 7 nitrogen and oxygen atoms in total. The molecule has 36 heavy (non-hydrogen) atoms. The van der Waals surface area contributed by atoms with Crippen LogP contribution in [0.2, 0.25) is 5.02 Å². The first-order valence-corrected chi connectivity index (χ1v) is 13.2. The van der Waals surface area contributed by atoms with Crippen LogP contribution in [0.4, 0.5) is 11.4 Å². The van der Waals surface area contributed by atoms with Crippen molar-refractivity contribution in [3.05, 3.63) is 75.1 Å². The van der Waals surface area contributed by atoms with E-state index >= 15 is 0 Å². The molecule has 2 aliphatic rings. The third-order valence-corrected chi connectivity index (χ3v) is 7.07. The average Bonchev–Trinajstić information content (AvgIpc) is 3.58. The van der Waals surface area contributed by atoms with E-state index in [-0.39, 0.29) is 11.5 Å². The number of nitrogens with zero attached hydrogens (tertiary/aromatic N) is 3. The summed E-state index contributed by atoms with van der Waals surface area (Å²) in [7, 11) is 0. The number of halogens is 2. The third-order valence-electron chi connectivity index (χ3n) is 6.21. The number of aromatic nitrogens is 1. The van der Waals surface area contributed by atoms with Crippen molar-refractivity contribution in [2.75, 3.05) is 17.2 Å². The second-order valence-electron chi connectivity index (χ2n) is 10.5. The lowest BCUT2D eigenvalue weighted by molar-refractivity contribution is 0.260. The van der Waals surface area contributed by atoms with Gasteiger partial charge in [-0.1, -0.05) is 44.5 Å². The molecule has 2 aromatic carbocycles. The molecule has 1 aliphatic carbocycles. The van der Waals surface area contributed by atoms with Crippen molar-refractivity contribution in [1.82, 2.24) is 21.0 Å². The van der Waals surface area contributed by atoms with Gasteiger partial charge in [-0.25, -0.2) is 0 Å². The fourth-order valence-corrected chi connectivity index (χ4v) is 4.86. The highest BCUT2D eigenvalue weighted by molar-refractivity contribution is 9.10. The SMILES string of the molecule is CC(C)(C)CNc1c(C#N)cnc2c(Br)cc(NC(C3=CN(C4CC4)NN3)c3ccc(Cl)cc3)cc12. The Balaban J connectivity index is 1.55. The molecule has 5 rings (SSSR count). The van der Waals surface area contributed by atoms with E-state index in [4.69, 9.17) is 11.6 Å². The molecule has 1 fully saturated rings. The van der Waals surface area contributed by atoms with Crippen molar-refractivity contribution in [1.29, 1.82) is 5.26 Å². The van der Waals surface area contributed by atoms with Crippen molar-refractivity contribution in [2.45, 2.75) is 45.7 Å². The van der Waals surface area contributed by atoms with Gasteiger partial charge >= 0.3 is 0 Å². The van der Waals surface area contributed by atoms with E-state index in [1.54, 1.807) is 6.20 Å². The monoisotopic (exact) mass is 565 g/mol. The Labute approximate surface area is 225 Å².